The van der Waals surface area contributed by atoms with Gasteiger partial charge >= 0.3 is 0 Å². The van der Waals surface area contributed by atoms with Gasteiger partial charge in [0.2, 0.25) is 0 Å². The van der Waals surface area contributed by atoms with Crippen LogP contribution in [0.1, 0.15) is 50.2 Å². The molecule has 0 radical (unpaired) electrons. The van der Waals surface area contributed by atoms with Gasteiger partial charge in [0.25, 0.3) is 0 Å². The summed E-state index contributed by atoms with van der Waals surface area (Å²) in [4.78, 5) is 0. The zero-order chi connectivity index (χ0) is 11.6. The summed E-state index contributed by atoms with van der Waals surface area (Å²) in [5.74, 6) is 6.61. The minimum atomic E-state index is -0.910. The minimum absolute atomic E-state index is 0.740. The fourth-order valence-corrected chi connectivity index (χ4v) is 1.84. The summed E-state index contributed by atoms with van der Waals surface area (Å²) in [5.41, 5.74) is 1.49. The molecule has 0 aliphatic heterocycles. The molecule has 1 fully saturated rings. The molecule has 0 atom stereocenters. The van der Waals surface area contributed by atoms with Gasteiger partial charge in [-0.3, -0.25) is 0 Å². The van der Waals surface area contributed by atoms with Crippen LogP contribution in [0.2, 0.25) is 0 Å². The third-order valence-corrected chi connectivity index (χ3v) is 2.98. The summed E-state index contributed by atoms with van der Waals surface area (Å²) >= 11 is 0. The van der Waals surface area contributed by atoms with E-state index in [2.05, 4.69) is 30.0 Å². The maximum Gasteiger partial charge on any atom is 0.120 e. The molecule has 0 saturated heterocycles. The van der Waals surface area contributed by atoms with E-state index in [9.17, 15) is 5.11 Å². The summed E-state index contributed by atoms with van der Waals surface area (Å²) < 4.78 is 0. The third kappa shape index (κ3) is 2.87. The molecule has 84 valence electrons. The van der Waals surface area contributed by atoms with E-state index in [4.69, 9.17) is 0 Å². The maximum atomic E-state index is 9.54. The normalized spacial score (nSPS) is 16.2. The van der Waals surface area contributed by atoms with Crippen molar-refractivity contribution in [3.8, 4) is 11.8 Å². The second-order valence-electron chi connectivity index (χ2n) is 5.06. The van der Waals surface area contributed by atoms with Gasteiger partial charge in [-0.1, -0.05) is 30.4 Å². The summed E-state index contributed by atoms with van der Waals surface area (Å²) in [5, 5.41) is 9.54. The average Bonchev–Trinajstić information content (AvgIpc) is 2.12. The van der Waals surface area contributed by atoms with Gasteiger partial charge in [-0.15, -0.1) is 0 Å². The Morgan fingerprint density at radius 1 is 1.31 bits per heavy atom. The van der Waals surface area contributed by atoms with E-state index in [0.29, 0.717) is 0 Å². The lowest BCUT2D eigenvalue weighted by molar-refractivity contribution is 0.143. The molecule has 0 amide bonds. The highest BCUT2D eigenvalue weighted by molar-refractivity contribution is 5.39. The molecule has 1 aromatic rings. The number of rotatable bonds is 1. The van der Waals surface area contributed by atoms with Crippen molar-refractivity contribution in [2.75, 3.05) is 0 Å². The molecule has 1 heteroatoms. The topological polar surface area (TPSA) is 20.2 Å². The second-order valence-corrected chi connectivity index (χ2v) is 5.06. The first-order chi connectivity index (χ1) is 7.54. The van der Waals surface area contributed by atoms with Gasteiger partial charge in [-0.25, -0.2) is 0 Å². The van der Waals surface area contributed by atoms with Crippen molar-refractivity contribution >= 4 is 0 Å². The molecule has 0 heterocycles. The first-order valence-electron chi connectivity index (χ1n) is 5.90. The lowest BCUT2D eigenvalue weighted by Gasteiger charge is -2.25. The highest BCUT2D eigenvalue weighted by Gasteiger charge is 2.19. The fraction of sp³-hybridized carbons (Fsp3) is 0.467. The van der Waals surface area contributed by atoms with E-state index in [1.807, 2.05) is 6.07 Å². The lowest BCUT2D eigenvalue weighted by Crippen LogP contribution is -2.14. The molecule has 1 N–H and O–H groups in total. The van der Waals surface area contributed by atoms with Crippen molar-refractivity contribution in [2.24, 2.45) is 0 Å². The Kier molecular flexibility index (Phi) is 3.03. The molecule has 2 rings (SSSR count). The molecule has 1 saturated carbocycles. The van der Waals surface area contributed by atoms with Crippen molar-refractivity contribution in [3.63, 3.8) is 0 Å². The van der Waals surface area contributed by atoms with Crippen molar-refractivity contribution in [3.05, 3.63) is 35.4 Å². The molecule has 0 bridgehead atoms. The fourth-order valence-electron chi connectivity index (χ4n) is 1.84. The number of aliphatic hydroxyl groups is 1. The molecule has 1 aliphatic carbocycles. The number of benzene rings is 1. The van der Waals surface area contributed by atoms with E-state index in [-0.39, 0.29) is 0 Å². The molecule has 1 aliphatic rings. The summed E-state index contributed by atoms with van der Waals surface area (Å²) in [6.07, 6.45) is 3.97. The molecule has 1 nitrogen and oxygen atoms in total. The van der Waals surface area contributed by atoms with Crippen LogP contribution in [0.3, 0.4) is 0 Å². The molecule has 0 unspecified atom stereocenters. The molecule has 0 spiro atoms. The van der Waals surface area contributed by atoms with Gasteiger partial charge < -0.3 is 5.11 Å². The van der Waals surface area contributed by atoms with Crippen LogP contribution in [0.5, 0.6) is 0 Å². The van der Waals surface area contributed by atoms with Gasteiger partial charge in [0.1, 0.15) is 5.60 Å². The molecular formula is C15H18O. The van der Waals surface area contributed by atoms with Crippen molar-refractivity contribution < 1.29 is 5.11 Å². The third-order valence-electron chi connectivity index (χ3n) is 2.98. The Morgan fingerprint density at radius 2 is 2.06 bits per heavy atom. The summed E-state index contributed by atoms with van der Waals surface area (Å²) in [7, 11) is 0. The monoisotopic (exact) mass is 214 g/mol. The van der Waals surface area contributed by atoms with Gasteiger partial charge in [0, 0.05) is 5.56 Å². The Morgan fingerprint density at radius 3 is 2.62 bits per heavy atom. The molecule has 1 aromatic carbocycles. The van der Waals surface area contributed by atoms with Crippen LogP contribution >= 0.6 is 0 Å². The van der Waals surface area contributed by atoms with Crippen LogP contribution in [-0.4, -0.2) is 10.7 Å². The Bertz CT molecular complexity index is 425. The first kappa shape index (κ1) is 11.2. The first-order valence-corrected chi connectivity index (χ1v) is 5.90. The van der Waals surface area contributed by atoms with Crippen molar-refractivity contribution in [1.82, 2.24) is 0 Å². The van der Waals surface area contributed by atoms with Gasteiger partial charge in [0.15, 0.2) is 0 Å². The molecule has 0 aromatic heterocycles. The van der Waals surface area contributed by atoms with E-state index < -0.39 is 5.60 Å². The van der Waals surface area contributed by atoms with E-state index in [1.165, 1.54) is 24.8 Å². The van der Waals surface area contributed by atoms with Crippen LogP contribution in [0.25, 0.3) is 0 Å². The summed E-state index contributed by atoms with van der Waals surface area (Å²) in [6, 6.07) is 8.39. The van der Waals surface area contributed by atoms with Crippen molar-refractivity contribution in [1.29, 1.82) is 0 Å². The van der Waals surface area contributed by atoms with Crippen LogP contribution in [-0.2, 0) is 0 Å². The second kappa shape index (κ2) is 4.31. The van der Waals surface area contributed by atoms with E-state index in [0.717, 1.165) is 11.5 Å². The van der Waals surface area contributed by atoms with Crippen LogP contribution < -0.4 is 0 Å². The van der Waals surface area contributed by atoms with Crippen LogP contribution in [0, 0.1) is 11.8 Å². The SMILES string of the molecule is CC(C)(O)C#Cc1cccc(C2CCC2)c1. The zero-order valence-corrected chi connectivity index (χ0v) is 9.96. The predicted molar refractivity (Wildman–Crippen MR) is 66.2 cm³/mol. The van der Waals surface area contributed by atoms with Crippen molar-refractivity contribution in [2.45, 2.75) is 44.6 Å². The number of hydrogen-bond acceptors (Lipinski definition) is 1. The Hall–Kier alpha value is -1.26. The Balaban J connectivity index is 2.18. The summed E-state index contributed by atoms with van der Waals surface area (Å²) in [6.45, 7) is 3.41. The van der Waals surface area contributed by atoms with E-state index in [1.54, 1.807) is 13.8 Å². The van der Waals surface area contributed by atoms with Gasteiger partial charge in [-0.2, -0.15) is 0 Å². The zero-order valence-electron chi connectivity index (χ0n) is 9.96. The highest BCUT2D eigenvalue weighted by atomic mass is 16.3. The van der Waals surface area contributed by atoms with Gasteiger partial charge in [0.05, 0.1) is 0 Å². The van der Waals surface area contributed by atoms with Crippen LogP contribution in [0.4, 0.5) is 0 Å². The smallest absolute Gasteiger partial charge is 0.120 e. The molecular weight excluding hydrogens is 196 g/mol. The lowest BCUT2D eigenvalue weighted by atomic mass is 9.80. The largest absolute Gasteiger partial charge is 0.378 e. The van der Waals surface area contributed by atoms with Gasteiger partial charge in [-0.05, 0) is 50.3 Å². The molecule has 16 heavy (non-hydrogen) atoms. The number of hydrogen-bond donors (Lipinski definition) is 1. The minimum Gasteiger partial charge on any atom is -0.378 e. The van der Waals surface area contributed by atoms with Crippen LogP contribution in [0.15, 0.2) is 24.3 Å². The maximum absolute atomic E-state index is 9.54. The highest BCUT2D eigenvalue weighted by Crippen LogP contribution is 2.36. The predicted octanol–water partition coefficient (Wildman–Crippen LogP) is 3.08. The average molecular weight is 214 g/mol. The standard InChI is InChI=1S/C15H18O/c1-15(2,16)10-9-12-5-3-8-14(11-12)13-6-4-7-13/h3,5,8,11,13,16H,4,6-7H2,1-2H3. The Labute approximate surface area is 97.5 Å². The quantitative estimate of drug-likeness (QED) is 0.712. The van der Waals surface area contributed by atoms with E-state index >= 15 is 0 Å².